The van der Waals surface area contributed by atoms with Crippen molar-refractivity contribution in [2.45, 2.75) is 23.2 Å². The molecule has 0 aromatic heterocycles. The summed E-state index contributed by atoms with van der Waals surface area (Å²) in [6, 6.07) is 11.0. The van der Waals surface area contributed by atoms with Crippen LogP contribution in [0.15, 0.2) is 53.4 Å². The molecule has 1 aliphatic rings. The number of benzene rings is 2. The molecule has 2 aromatic carbocycles. The highest BCUT2D eigenvalue weighted by Gasteiger charge is 2.42. The second-order valence-corrected chi connectivity index (χ2v) is 8.82. The van der Waals surface area contributed by atoms with Crippen molar-refractivity contribution in [3.8, 4) is 5.75 Å². The summed E-state index contributed by atoms with van der Waals surface area (Å²) in [7, 11) is -2.11. The number of alkyl halides is 3. The van der Waals surface area contributed by atoms with Crippen LogP contribution in [0.25, 0.3) is 0 Å². The van der Waals surface area contributed by atoms with Gasteiger partial charge in [-0.1, -0.05) is 23.7 Å². The van der Waals surface area contributed by atoms with E-state index < -0.39 is 27.7 Å². The standard InChI is InChI=1S/C18H18ClF3N2O3S/c1-24-11-10-17(12-24,13-2-4-14(19)5-3-13)23-28(25,26)16-8-6-15(7-9-16)27-18(20,21)22/h2-9,23H,10-12H2,1H3. The van der Waals surface area contributed by atoms with E-state index in [1.807, 2.05) is 11.9 Å². The summed E-state index contributed by atoms with van der Waals surface area (Å²) in [4.78, 5) is 1.85. The molecule has 1 aliphatic heterocycles. The number of nitrogens with zero attached hydrogens (tertiary/aromatic N) is 1. The zero-order valence-corrected chi connectivity index (χ0v) is 16.4. The van der Waals surface area contributed by atoms with E-state index in [-0.39, 0.29) is 4.90 Å². The van der Waals surface area contributed by atoms with Crippen molar-refractivity contribution in [2.24, 2.45) is 0 Å². The Hall–Kier alpha value is -1.81. The van der Waals surface area contributed by atoms with Crippen molar-refractivity contribution in [3.63, 3.8) is 0 Å². The van der Waals surface area contributed by atoms with Crippen LogP contribution in [0.1, 0.15) is 12.0 Å². The molecule has 0 saturated carbocycles. The molecule has 1 N–H and O–H groups in total. The first-order valence-electron chi connectivity index (χ1n) is 8.34. The van der Waals surface area contributed by atoms with Gasteiger partial charge < -0.3 is 9.64 Å². The maximum Gasteiger partial charge on any atom is 0.573 e. The van der Waals surface area contributed by atoms with E-state index in [4.69, 9.17) is 11.6 Å². The van der Waals surface area contributed by atoms with Crippen molar-refractivity contribution in [1.82, 2.24) is 9.62 Å². The Morgan fingerprint density at radius 2 is 1.71 bits per heavy atom. The maximum atomic E-state index is 12.9. The molecule has 1 fully saturated rings. The molecule has 5 nitrogen and oxygen atoms in total. The van der Waals surface area contributed by atoms with Crippen molar-refractivity contribution >= 4 is 21.6 Å². The van der Waals surface area contributed by atoms with Gasteiger partial charge in [-0.25, -0.2) is 8.42 Å². The molecular formula is C18H18ClF3N2O3S. The van der Waals surface area contributed by atoms with Gasteiger partial charge in [0.05, 0.1) is 10.4 Å². The van der Waals surface area contributed by atoms with Gasteiger partial charge in [0.25, 0.3) is 0 Å². The van der Waals surface area contributed by atoms with Gasteiger partial charge in [0, 0.05) is 18.1 Å². The van der Waals surface area contributed by atoms with Crippen LogP contribution in [0.3, 0.4) is 0 Å². The van der Waals surface area contributed by atoms with E-state index in [9.17, 15) is 21.6 Å². The predicted molar refractivity (Wildman–Crippen MR) is 98.7 cm³/mol. The summed E-state index contributed by atoms with van der Waals surface area (Å²) < 4.78 is 69.2. The first kappa shape index (κ1) is 20.9. The van der Waals surface area contributed by atoms with E-state index in [1.54, 1.807) is 24.3 Å². The van der Waals surface area contributed by atoms with Crippen molar-refractivity contribution in [3.05, 3.63) is 59.1 Å². The van der Waals surface area contributed by atoms with E-state index in [0.717, 1.165) is 29.8 Å². The van der Waals surface area contributed by atoms with E-state index in [2.05, 4.69) is 9.46 Å². The fourth-order valence-corrected chi connectivity index (χ4v) is 4.82. The molecule has 1 atom stereocenters. The lowest BCUT2D eigenvalue weighted by molar-refractivity contribution is -0.274. The van der Waals surface area contributed by atoms with Crippen LogP contribution in [-0.4, -0.2) is 39.8 Å². The molecule has 28 heavy (non-hydrogen) atoms. The molecule has 2 aromatic rings. The molecule has 0 aliphatic carbocycles. The zero-order valence-electron chi connectivity index (χ0n) is 14.8. The molecular weight excluding hydrogens is 417 g/mol. The van der Waals surface area contributed by atoms with Gasteiger partial charge in [0.2, 0.25) is 10.0 Å². The number of hydrogen-bond acceptors (Lipinski definition) is 4. The number of rotatable bonds is 5. The van der Waals surface area contributed by atoms with Crippen LogP contribution in [0.5, 0.6) is 5.75 Å². The number of halogens is 4. The second-order valence-electron chi connectivity index (χ2n) is 6.70. The van der Waals surface area contributed by atoms with Crippen LogP contribution in [0.4, 0.5) is 13.2 Å². The molecule has 0 bridgehead atoms. The fourth-order valence-electron chi connectivity index (χ4n) is 3.28. The largest absolute Gasteiger partial charge is 0.573 e. The van der Waals surface area contributed by atoms with Crippen LogP contribution < -0.4 is 9.46 Å². The number of hydrogen-bond donors (Lipinski definition) is 1. The first-order chi connectivity index (χ1) is 13.0. The monoisotopic (exact) mass is 434 g/mol. The summed E-state index contributed by atoms with van der Waals surface area (Å²) >= 11 is 5.94. The lowest BCUT2D eigenvalue weighted by Crippen LogP contribution is -2.47. The fraction of sp³-hybridized carbons (Fsp3) is 0.333. The molecule has 0 spiro atoms. The van der Waals surface area contributed by atoms with Gasteiger partial charge in [-0.2, -0.15) is 4.72 Å². The first-order valence-corrected chi connectivity index (χ1v) is 10.2. The molecule has 3 rings (SSSR count). The number of sulfonamides is 1. The maximum absolute atomic E-state index is 12.9. The summed E-state index contributed by atoms with van der Waals surface area (Å²) in [5.74, 6) is -0.487. The SMILES string of the molecule is CN1CCC(NS(=O)(=O)c2ccc(OC(F)(F)F)cc2)(c2ccc(Cl)cc2)C1. The smallest absolute Gasteiger partial charge is 0.406 e. The lowest BCUT2D eigenvalue weighted by Gasteiger charge is -2.31. The van der Waals surface area contributed by atoms with Gasteiger partial charge >= 0.3 is 6.36 Å². The van der Waals surface area contributed by atoms with E-state index >= 15 is 0 Å². The molecule has 0 amide bonds. The predicted octanol–water partition coefficient (Wildman–Crippen LogP) is 3.75. The number of ether oxygens (including phenoxy) is 1. The Bertz CT molecular complexity index is 934. The Morgan fingerprint density at radius 1 is 1.11 bits per heavy atom. The minimum Gasteiger partial charge on any atom is -0.406 e. The number of nitrogens with one attached hydrogen (secondary N) is 1. The van der Waals surface area contributed by atoms with Crippen molar-refractivity contribution in [2.75, 3.05) is 20.1 Å². The third-order valence-corrected chi connectivity index (χ3v) is 6.36. The molecule has 1 saturated heterocycles. The van der Waals surface area contributed by atoms with Crippen LogP contribution in [0, 0.1) is 0 Å². The highest BCUT2D eigenvalue weighted by molar-refractivity contribution is 7.89. The molecule has 0 radical (unpaired) electrons. The third-order valence-electron chi connectivity index (χ3n) is 4.55. The van der Waals surface area contributed by atoms with Crippen molar-refractivity contribution in [1.29, 1.82) is 0 Å². The topological polar surface area (TPSA) is 58.6 Å². The lowest BCUT2D eigenvalue weighted by atomic mass is 9.90. The van der Waals surface area contributed by atoms with Gasteiger partial charge in [-0.15, -0.1) is 13.2 Å². The highest BCUT2D eigenvalue weighted by Crippen LogP contribution is 2.34. The molecule has 152 valence electrons. The van der Waals surface area contributed by atoms with E-state index in [0.29, 0.717) is 24.5 Å². The summed E-state index contributed by atoms with van der Waals surface area (Å²) in [6.07, 6.45) is -4.30. The number of likely N-dealkylation sites (N-methyl/N-ethyl adjacent to an activating group) is 1. The van der Waals surface area contributed by atoms with Crippen LogP contribution in [0.2, 0.25) is 5.02 Å². The molecule has 10 heteroatoms. The average Bonchev–Trinajstić information content (AvgIpc) is 2.95. The molecule has 1 unspecified atom stereocenters. The van der Waals surface area contributed by atoms with Crippen LogP contribution in [-0.2, 0) is 15.6 Å². The van der Waals surface area contributed by atoms with Gasteiger partial charge in [-0.3, -0.25) is 0 Å². The normalized spacial score (nSPS) is 21.0. The van der Waals surface area contributed by atoms with Gasteiger partial charge in [0.1, 0.15) is 5.75 Å². The highest BCUT2D eigenvalue weighted by atomic mass is 35.5. The Morgan fingerprint density at radius 3 is 2.21 bits per heavy atom. The van der Waals surface area contributed by atoms with Gasteiger partial charge in [-0.05, 0) is 55.4 Å². The van der Waals surface area contributed by atoms with Crippen molar-refractivity contribution < 1.29 is 26.3 Å². The summed E-state index contributed by atoms with van der Waals surface area (Å²) in [5, 5.41) is 0.536. The Balaban J connectivity index is 1.89. The zero-order chi connectivity index (χ0) is 20.6. The third kappa shape index (κ3) is 4.78. The summed E-state index contributed by atoms with van der Waals surface area (Å²) in [5.41, 5.74) is -0.0962. The van der Waals surface area contributed by atoms with Gasteiger partial charge in [0.15, 0.2) is 0 Å². The Labute approximate surface area is 166 Å². The van der Waals surface area contributed by atoms with E-state index in [1.165, 1.54) is 0 Å². The number of likely N-dealkylation sites (tertiary alicyclic amines) is 1. The Kier molecular flexibility index (Phi) is 5.64. The minimum absolute atomic E-state index is 0.148. The average molecular weight is 435 g/mol. The quantitative estimate of drug-likeness (QED) is 0.778. The van der Waals surface area contributed by atoms with Crippen LogP contribution >= 0.6 is 11.6 Å². The second kappa shape index (κ2) is 7.55. The molecule has 1 heterocycles. The summed E-state index contributed by atoms with van der Waals surface area (Å²) in [6.45, 7) is 1.13. The minimum atomic E-state index is -4.84.